The van der Waals surface area contributed by atoms with Gasteiger partial charge in [0.25, 0.3) is 0 Å². The second-order valence-electron chi connectivity index (χ2n) is 3.59. The van der Waals surface area contributed by atoms with Crippen molar-refractivity contribution in [1.82, 2.24) is 0 Å². The van der Waals surface area contributed by atoms with E-state index in [0.29, 0.717) is 0 Å². The van der Waals surface area contributed by atoms with Crippen molar-refractivity contribution in [2.75, 3.05) is 0 Å². The molecule has 0 amide bonds. The predicted molar refractivity (Wildman–Crippen MR) is 76.7 cm³/mol. The van der Waals surface area contributed by atoms with E-state index in [9.17, 15) is 0 Å². The number of benzene rings is 2. The molecule has 2 rings (SSSR count). The van der Waals surface area contributed by atoms with E-state index in [-0.39, 0.29) is 0 Å². The average molecular weight is 294 g/mol. The van der Waals surface area contributed by atoms with Gasteiger partial charge in [0.1, 0.15) is 5.75 Å². The van der Waals surface area contributed by atoms with E-state index in [1.54, 1.807) is 6.26 Å². The lowest BCUT2D eigenvalue weighted by Crippen LogP contribution is -1.89. The summed E-state index contributed by atoms with van der Waals surface area (Å²) in [6.07, 6.45) is 3.64. The highest BCUT2D eigenvalue weighted by Crippen LogP contribution is 2.09. The van der Waals surface area contributed by atoms with E-state index >= 15 is 0 Å². The molecule has 20 heavy (non-hydrogen) atoms. The summed E-state index contributed by atoms with van der Waals surface area (Å²) >= 11 is 0. The van der Waals surface area contributed by atoms with Gasteiger partial charge >= 0.3 is 10.4 Å². The summed E-state index contributed by atoms with van der Waals surface area (Å²) in [6, 6.07) is 19.8. The number of hydrogen-bond acceptors (Lipinski definition) is 3. The van der Waals surface area contributed by atoms with Gasteiger partial charge in [-0.3, -0.25) is 9.11 Å². The summed E-state index contributed by atoms with van der Waals surface area (Å²) in [7, 11) is -4.67. The van der Waals surface area contributed by atoms with Crippen LogP contribution in [-0.4, -0.2) is 17.5 Å². The highest BCUT2D eigenvalue weighted by Gasteiger charge is 1.86. The predicted octanol–water partition coefficient (Wildman–Crippen LogP) is 3.08. The van der Waals surface area contributed by atoms with Crippen LogP contribution in [0.5, 0.6) is 5.75 Å². The Morgan fingerprint density at radius 1 is 0.850 bits per heavy atom. The molecule has 0 heterocycles. The van der Waals surface area contributed by atoms with Crippen LogP contribution in [0.1, 0.15) is 5.56 Å². The molecule has 2 N–H and O–H groups in total. The zero-order valence-electron chi connectivity index (χ0n) is 10.5. The van der Waals surface area contributed by atoms with Gasteiger partial charge < -0.3 is 4.74 Å². The highest BCUT2D eigenvalue weighted by molar-refractivity contribution is 7.79. The van der Waals surface area contributed by atoms with Gasteiger partial charge in [0.15, 0.2) is 0 Å². The van der Waals surface area contributed by atoms with Crippen LogP contribution in [0.2, 0.25) is 0 Å². The third-order valence-corrected chi connectivity index (χ3v) is 2.01. The Bertz CT molecular complexity index is 613. The molecule has 0 aliphatic heterocycles. The normalized spacial score (nSPS) is 10.7. The van der Waals surface area contributed by atoms with Gasteiger partial charge in [-0.25, -0.2) is 0 Å². The second-order valence-corrected chi connectivity index (χ2v) is 4.49. The fourth-order valence-corrected chi connectivity index (χ4v) is 1.25. The monoisotopic (exact) mass is 294 g/mol. The van der Waals surface area contributed by atoms with Crippen molar-refractivity contribution < 1.29 is 22.3 Å². The maximum atomic E-state index is 8.74. The summed E-state index contributed by atoms with van der Waals surface area (Å²) < 4.78 is 37.0. The van der Waals surface area contributed by atoms with E-state index in [2.05, 4.69) is 0 Å². The van der Waals surface area contributed by atoms with Gasteiger partial charge in [0, 0.05) is 0 Å². The Labute approximate surface area is 117 Å². The van der Waals surface area contributed by atoms with E-state index in [0.717, 1.165) is 11.3 Å². The van der Waals surface area contributed by atoms with E-state index in [1.807, 2.05) is 66.7 Å². The van der Waals surface area contributed by atoms with Gasteiger partial charge in [-0.15, -0.1) is 0 Å². The zero-order valence-corrected chi connectivity index (χ0v) is 11.3. The molecule has 0 radical (unpaired) electrons. The Morgan fingerprint density at radius 3 is 1.80 bits per heavy atom. The highest BCUT2D eigenvalue weighted by atomic mass is 32.3. The van der Waals surface area contributed by atoms with Crippen LogP contribution < -0.4 is 4.74 Å². The first-order valence-electron chi connectivity index (χ1n) is 5.58. The quantitative estimate of drug-likeness (QED) is 0.671. The fourth-order valence-electron chi connectivity index (χ4n) is 1.25. The molecular formula is C14H14O5S. The molecule has 0 aliphatic rings. The van der Waals surface area contributed by atoms with Crippen LogP contribution in [-0.2, 0) is 10.4 Å². The largest absolute Gasteiger partial charge is 0.465 e. The molecule has 0 spiro atoms. The molecule has 0 aliphatic carbocycles. The molecule has 0 saturated heterocycles. The summed E-state index contributed by atoms with van der Waals surface area (Å²) in [5.74, 6) is 0.852. The zero-order chi connectivity index (χ0) is 14.8. The minimum Gasteiger partial charge on any atom is -0.465 e. The maximum Gasteiger partial charge on any atom is 0.394 e. The summed E-state index contributed by atoms with van der Waals surface area (Å²) in [5, 5.41) is 0. The van der Waals surface area contributed by atoms with Crippen molar-refractivity contribution in [2.45, 2.75) is 0 Å². The molecule has 5 nitrogen and oxygen atoms in total. The summed E-state index contributed by atoms with van der Waals surface area (Å²) in [6.45, 7) is 0. The van der Waals surface area contributed by atoms with Crippen molar-refractivity contribution in [2.24, 2.45) is 0 Å². The smallest absolute Gasteiger partial charge is 0.394 e. The van der Waals surface area contributed by atoms with E-state index < -0.39 is 10.4 Å². The van der Waals surface area contributed by atoms with Crippen LogP contribution >= 0.6 is 0 Å². The Morgan fingerprint density at radius 2 is 1.30 bits per heavy atom. The van der Waals surface area contributed by atoms with Crippen LogP contribution in [0.25, 0.3) is 6.08 Å². The first-order chi connectivity index (χ1) is 9.45. The summed E-state index contributed by atoms with van der Waals surface area (Å²) in [4.78, 5) is 0. The molecule has 0 bridgehead atoms. The SMILES string of the molecule is C(=Cc1ccccc1)Oc1ccccc1.O=S(=O)(O)O. The molecule has 0 saturated carbocycles. The Kier molecular flexibility index (Phi) is 6.45. The first kappa shape index (κ1) is 15.9. The van der Waals surface area contributed by atoms with Crippen LogP contribution in [0.3, 0.4) is 0 Å². The second kappa shape index (κ2) is 8.11. The van der Waals surface area contributed by atoms with Crippen molar-refractivity contribution in [3.8, 4) is 5.75 Å². The van der Waals surface area contributed by atoms with Gasteiger partial charge in [0.05, 0.1) is 6.26 Å². The maximum absolute atomic E-state index is 8.74. The average Bonchev–Trinajstić information content (AvgIpc) is 2.39. The number of para-hydroxylation sites is 1. The molecule has 2 aromatic carbocycles. The lowest BCUT2D eigenvalue weighted by atomic mass is 10.2. The minimum atomic E-state index is -4.67. The first-order valence-corrected chi connectivity index (χ1v) is 6.98. The summed E-state index contributed by atoms with van der Waals surface area (Å²) in [5.41, 5.74) is 1.13. The molecule has 106 valence electrons. The number of hydrogen-bond donors (Lipinski definition) is 2. The topological polar surface area (TPSA) is 83.8 Å². The molecule has 0 aromatic heterocycles. The minimum absolute atomic E-state index is 0.852. The van der Waals surface area contributed by atoms with Crippen LogP contribution in [0.15, 0.2) is 66.9 Å². The molecule has 6 heteroatoms. The molecule has 0 unspecified atom stereocenters. The van der Waals surface area contributed by atoms with Crippen molar-refractivity contribution in [1.29, 1.82) is 0 Å². The van der Waals surface area contributed by atoms with Gasteiger partial charge in [0.2, 0.25) is 0 Å². The fraction of sp³-hybridized carbons (Fsp3) is 0. The van der Waals surface area contributed by atoms with Crippen molar-refractivity contribution >= 4 is 16.5 Å². The third-order valence-electron chi connectivity index (χ3n) is 2.01. The van der Waals surface area contributed by atoms with E-state index in [4.69, 9.17) is 22.3 Å². The van der Waals surface area contributed by atoms with Gasteiger partial charge in [-0.2, -0.15) is 8.42 Å². The lowest BCUT2D eigenvalue weighted by molar-refractivity contribution is 0.381. The standard InChI is InChI=1S/C14H12O.H2O4S/c1-3-7-13(8-4-1)11-12-15-14-9-5-2-6-10-14;1-5(2,3)4/h1-12H;(H2,1,2,3,4). The van der Waals surface area contributed by atoms with Gasteiger partial charge in [-0.1, -0.05) is 48.5 Å². The van der Waals surface area contributed by atoms with Crippen LogP contribution in [0, 0.1) is 0 Å². The Hall–Kier alpha value is -2.15. The molecule has 2 aromatic rings. The van der Waals surface area contributed by atoms with Crippen molar-refractivity contribution in [3.05, 3.63) is 72.5 Å². The molecular weight excluding hydrogens is 280 g/mol. The lowest BCUT2D eigenvalue weighted by Gasteiger charge is -1.98. The Balaban J connectivity index is 0.000000347. The third kappa shape index (κ3) is 8.87. The number of rotatable bonds is 3. The van der Waals surface area contributed by atoms with E-state index in [1.165, 1.54) is 0 Å². The number of ether oxygens (including phenoxy) is 1. The van der Waals surface area contributed by atoms with Crippen LogP contribution in [0.4, 0.5) is 0 Å². The molecule has 0 fully saturated rings. The van der Waals surface area contributed by atoms with Gasteiger partial charge in [-0.05, 0) is 23.8 Å². The molecule has 0 atom stereocenters. The van der Waals surface area contributed by atoms with Crippen molar-refractivity contribution in [3.63, 3.8) is 0 Å².